The molecule has 4 nitrogen and oxygen atoms in total. The van der Waals surface area contributed by atoms with Gasteiger partial charge in [0, 0.05) is 0 Å². The molecule has 0 aliphatic heterocycles. The maximum absolute atomic E-state index is 11.4. The van der Waals surface area contributed by atoms with Crippen LogP contribution in [0.25, 0.3) is 0 Å². The van der Waals surface area contributed by atoms with Crippen molar-refractivity contribution in [2.45, 2.75) is 26.3 Å². The summed E-state index contributed by atoms with van der Waals surface area (Å²) in [5.74, 6) is -0.139. The summed E-state index contributed by atoms with van der Waals surface area (Å²) in [7, 11) is 2.08. The Morgan fingerprint density at radius 1 is 1.50 bits per heavy atom. The minimum absolute atomic E-state index is 0.164. The van der Waals surface area contributed by atoms with E-state index in [2.05, 4.69) is 27.8 Å². The number of rotatable bonds is 4. The van der Waals surface area contributed by atoms with Crippen molar-refractivity contribution in [1.29, 1.82) is 0 Å². The number of carbonyl (C=O) groups is 1. The Kier molecular flexibility index (Phi) is 4.12. The summed E-state index contributed by atoms with van der Waals surface area (Å²) >= 11 is 0. The molecule has 1 aromatic rings. The van der Waals surface area contributed by atoms with Crippen LogP contribution in [-0.4, -0.2) is 31.7 Å². The third kappa shape index (κ3) is 3.70. The molecular weight excluding hydrogens is 206 g/mol. The maximum Gasteiger partial charge on any atom is 0.374 e. The summed E-state index contributed by atoms with van der Waals surface area (Å²) in [4.78, 5) is 12.7. The van der Waals surface area contributed by atoms with E-state index in [1.165, 1.54) is 11.2 Å². The van der Waals surface area contributed by atoms with Crippen LogP contribution in [0.4, 0.5) is 0 Å². The summed E-state index contributed by atoms with van der Waals surface area (Å²) in [6, 6.07) is 3.27. The Morgan fingerprint density at radius 2 is 2.19 bits per heavy atom. The van der Waals surface area contributed by atoms with E-state index in [0.717, 1.165) is 6.54 Å². The van der Waals surface area contributed by atoms with Crippen LogP contribution in [0.5, 0.6) is 0 Å². The lowest BCUT2D eigenvalue weighted by Crippen LogP contribution is -3.16. The van der Waals surface area contributed by atoms with Crippen molar-refractivity contribution in [3.8, 4) is 0 Å². The Hall–Kier alpha value is -1.29. The SMILES string of the molecule is C[NH+](CCOC(=O)c1ccco1)C(C)(C)C. The summed E-state index contributed by atoms with van der Waals surface area (Å²) < 4.78 is 10.0. The highest BCUT2D eigenvalue weighted by atomic mass is 16.5. The first-order valence-electron chi connectivity index (χ1n) is 5.45. The number of ether oxygens (including phenoxy) is 1. The van der Waals surface area contributed by atoms with Gasteiger partial charge in [-0.2, -0.15) is 0 Å². The van der Waals surface area contributed by atoms with Gasteiger partial charge in [0.2, 0.25) is 5.76 Å². The zero-order valence-electron chi connectivity index (χ0n) is 10.4. The smallest absolute Gasteiger partial charge is 0.374 e. The number of carbonyl (C=O) groups excluding carboxylic acids is 1. The van der Waals surface area contributed by atoms with Gasteiger partial charge in [0.15, 0.2) is 0 Å². The van der Waals surface area contributed by atoms with Gasteiger partial charge < -0.3 is 14.1 Å². The average Bonchev–Trinajstić information content (AvgIpc) is 2.68. The average molecular weight is 226 g/mol. The summed E-state index contributed by atoms with van der Waals surface area (Å²) in [5, 5.41) is 0. The fourth-order valence-electron chi connectivity index (χ4n) is 1.14. The molecule has 90 valence electrons. The number of hydrogen-bond donors (Lipinski definition) is 1. The molecule has 0 aliphatic carbocycles. The maximum atomic E-state index is 11.4. The molecule has 1 unspecified atom stereocenters. The third-order valence-electron chi connectivity index (χ3n) is 2.71. The first-order valence-corrected chi connectivity index (χ1v) is 5.45. The van der Waals surface area contributed by atoms with Gasteiger partial charge >= 0.3 is 5.97 Å². The van der Waals surface area contributed by atoms with E-state index >= 15 is 0 Å². The van der Waals surface area contributed by atoms with Gasteiger partial charge in [0.05, 0.1) is 18.8 Å². The molecule has 0 aromatic carbocycles. The van der Waals surface area contributed by atoms with E-state index in [0.29, 0.717) is 6.61 Å². The molecule has 0 saturated carbocycles. The first kappa shape index (κ1) is 12.8. The normalized spacial score (nSPS) is 13.5. The number of likely N-dealkylation sites (N-methyl/N-ethyl adjacent to an activating group) is 1. The molecule has 4 heteroatoms. The van der Waals surface area contributed by atoms with E-state index < -0.39 is 5.97 Å². The van der Waals surface area contributed by atoms with Gasteiger partial charge in [-0.05, 0) is 32.9 Å². The molecule has 1 aromatic heterocycles. The van der Waals surface area contributed by atoms with Crippen LogP contribution in [0, 0.1) is 0 Å². The van der Waals surface area contributed by atoms with E-state index in [1.54, 1.807) is 12.1 Å². The Bertz CT molecular complexity index is 325. The van der Waals surface area contributed by atoms with E-state index in [-0.39, 0.29) is 11.3 Å². The molecule has 1 heterocycles. The largest absolute Gasteiger partial charge is 0.457 e. The van der Waals surface area contributed by atoms with Crippen LogP contribution < -0.4 is 4.90 Å². The van der Waals surface area contributed by atoms with Crippen LogP contribution in [0.1, 0.15) is 31.3 Å². The highest BCUT2D eigenvalue weighted by Gasteiger charge is 2.21. The fraction of sp³-hybridized carbons (Fsp3) is 0.583. The summed E-state index contributed by atoms with van der Waals surface area (Å²) in [6.45, 7) is 7.64. The van der Waals surface area contributed by atoms with Crippen molar-refractivity contribution in [3.05, 3.63) is 24.2 Å². The van der Waals surface area contributed by atoms with Crippen molar-refractivity contribution in [1.82, 2.24) is 0 Å². The number of quaternary nitrogens is 1. The molecule has 1 atom stereocenters. The van der Waals surface area contributed by atoms with Crippen LogP contribution >= 0.6 is 0 Å². The lowest BCUT2D eigenvalue weighted by Gasteiger charge is -2.28. The zero-order chi connectivity index (χ0) is 12.2. The van der Waals surface area contributed by atoms with Crippen LogP contribution in [0.2, 0.25) is 0 Å². The predicted molar refractivity (Wildman–Crippen MR) is 60.5 cm³/mol. The Labute approximate surface area is 96.2 Å². The molecule has 1 N–H and O–H groups in total. The van der Waals surface area contributed by atoms with Gasteiger partial charge in [0.1, 0.15) is 13.2 Å². The van der Waals surface area contributed by atoms with Crippen LogP contribution in [0.3, 0.4) is 0 Å². The van der Waals surface area contributed by atoms with Gasteiger partial charge in [-0.3, -0.25) is 0 Å². The topological polar surface area (TPSA) is 43.9 Å². The molecule has 0 spiro atoms. The van der Waals surface area contributed by atoms with E-state index in [9.17, 15) is 4.79 Å². The highest BCUT2D eigenvalue weighted by molar-refractivity contribution is 5.86. The summed E-state index contributed by atoms with van der Waals surface area (Å²) in [6.07, 6.45) is 1.46. The minimum atomic E-state index is -0.397. The second-order valence-corrected chi connectivity index (χ2v) is 4.89. The number of hydrogen-bond acceptors (Lipinski definition) is 3. The molecule has 0 amide bonds. The molecule has 0 saturated heterocycles. The molecule has 1 rings (SSSR count). The van der Waals surface area contributed by atoms with Crippen LogP contribution in [-0.2, 0) is 4.74 Å². The van der Waals surface area contributed by atoms with Crippen molar-refractivity contribution < 1.29 is 18.8 Å². The summed E-state index contributed by atoms with van der Waals surface area (Å²) in [5.41, 5.74) is 0.164. The first-order chi connectivity index (χ1) is 7.41. The van der Waals surface area contributed by atoms with Crippen LogP contribution in [0.15, 0.2) is 22.8 Å². The molecule has 0 fully saturated rings. The number of furan rings is 1. The predicted octanol–water partition coefficient (Wildman–Crippen LogP) is 0.750. The Morgan fingerprint density at radius 3 is 2.69 bits per heavy atom. The van der Waals surface area contributed by atoms with Gasteiger partial charge in [0.25, 0.3) is 0 Å². The quantitative estimate of drug-likeness (QED) is 0.770. The lowest BCUT2D eigenvalue weighted by molar-refractivity contribution is -0.927. The molecule has 0 aliphatic rings. The Balaban J connectivity index is 2.29. The van der Waals surface area contributed by atoms with Gasteiger partial charge in [-0.1, -0.05) is 0 Å². The van der Waals surface area contributed by atoms with Gasteiger partial charge in [-0.25, -0.2) is 4.79 Å². The van der Waals surface area contributed by atoms with Crippen molar-refractivity contribution in [2.24, 2.45) is 0 Å². The van der Waals surface area contributed by atoms with Crippen molar-refractivity contribution in [3.63, 3.8) is 0 Å². The molecular formula is C12H20NO3+. The fourth-order valence-corrected chi connectivity index (χ4v) is 1.14. The highest BCUT2D eigenvalue weighted by Crippen LogP contribution is 2.01. The van der Waals surface area contributed by atoms with Crippen molar-refractivity contribution >= 4 is 5.97 Å². The monoisotopic (exact) mass is 226 g/mol. The number of nitrogens with one attached hydrogen (secondary N) is 1. The molecule has 16 heavy (non-hydrogen) atoms. The minimum Gasteiger partial charge on any atom is -0.457 e. The van der Waals surface area contributed by atoms with Crippen molar-refractivity contribution in [2.75, 3.05) is 20.2 Å². The second kappa shape index (κ2) is 5.16. The standard InChI is InChI=1S/C12H19NO3/c1-12(2,3)13(4)7-9-16-11(14)10-6-5-8-15-10/h5-6,8H,7,9H2,1-4H3/p+1. The van der Waals surface area contributed by atoms with E-state index in [1.807, 2.05) is 0 Å². The number of esters is 1. The lowest BCUT2D eigenvalue weighted by atomic mass is 10.1. The van der Waals surface area contributed by atoms with E-state index in [4.69, 9.17) is 9.15 Å². The zero-order valence-corrected chi connectivity index (χ0v) is 10.4. The second-order valence-electron chi connectivity index (χ2n) is 4.89. The molecule has 0 radical (unpaired) electrons. The molecule has 0 bridgehead atoms. The van der Waals surface area contributed by atoms with Gasteiger partial charge in [-0.15, -0.1) is 0 Å². The third-order valence-corrected chi connectivity index (χ3v) is 2.71.